The Hall–Kier alpha value is -1.59. The lowest BCUT2D eigenvalue weighted by Gasteiger charge is -2.18. The molecule has 0 radical (unpaired) electrons. The fourth-order valence-electron chi connectivity index (χ4n) is 1.80. The van der Waals surface area contributed by atoms with E-state index < -0.39 is 0 Å². The molecule has 5 heteroatoms. The van der Waals surface area contributed by atoms with Crippen molar-refractivity contribution < 1.29 is 9.47 Å². The van der Waals surface area contributed by atoms with Crippen LogP contribution in [0.5, 0.6) is 0 Å². The Balaban J connectivity index is 2.38. The van der Waals surface area contributed by atoms with Gasteiger partial charge in [0.25, 0.3) is 0 Å². The van der Waals surface area contributed by atoms with Crippen molar-refractivity contribution in [3.63, 3.8) is 0 Å². The van der Waals surface area contributed by atoms with Crippen molar-refractivity contribution >= 4 is 5.96 Å². The van der Waals surface area contributed by atoms with E-state index in [1.807, 2.05) is 25.1 Å². The molecule has 0 saturated heterocycles. The Kier molecular flexibility index (Phi) is 8.42. The summed E-state index contributed by atoms with van der Waals surface area (Å²) in [5.41, 5.74) is 1.15. The van der Waals surface area contributed by atoms with Crippen molar-refractivity contribution in [3.05, 3.63) is 35.9 Å². The standard InChI is InChI=1S/C15H25N3O2/c1-4-20-11-10-17-15(16-2)18-12-14(19-3)13-8-6-5-7-9-13/h5-9,14H,4,10-12H2,1-3H3,(H2,16,17,18). The highest BCUT2D eigenvalue weighted by Crippen LogP contribution is 2.14. The van der Waals surface area contributed by atoms with Crippen LogP contribution >= 0.6 is 0 Å². The van der Waals surface area contributed by atoms with Crippen LogP contribution in [0.25, 0.3) is 0 Å². The molecule has 5 nitrogen and oxygen atoms in total. The molecule has 1 aromatic carbocycles. The maximum absolute atomic E-state index is 5.50. The molecule has 0 aliphatic carbocycles. The second kappa shape index (κ2) is 10.2. The Bertz CT molecular complexity index is 382. The number of hydrogen-bond acceptors (Lipinski definition) is 3. The van der Waals surface area contributed by atoms with Gasteiger partial charge in [0.2, 0.25) is 0 Å². The van der Waals surface area contributed by atoms with Gasteiger partial charge in [0.05, 0.1) is 12.7 Å². The quantitative estimate of drug-likeness (QED) is 0.431. The van der Waals surface area contributed by atoms with Crippen molar-refractivity contribution in [2.45, 2.75) is 13.0 Å². The lowest BCUT2D eigenvalue weighted by atomic mass is 10.1. The van der Waals surface area contributed by atoms with Gasteiger partial charge in [-0.3, -0.25) is 4.99 Å². The van der Waals surface area contributed by atoms with Gasteiger partial charge in [0, 0.05) is 33.9 Å². The molecular weight excluding hydrogens is 254 g/mol. The number of benzene rings is 1. The van der Waals surface area contributed by atoms with Gasteiger partial charge in [-0.15, -0.1) is 0 Å². The number of nitrogens with one attached hydrogen (secondary N) is 2. The first-order chi connectivity index (χ1) is 9.81. The number of guanidine groups is 1. The highest BCUT2D eigenvalue weighted by molar-refractivity contribution is 5.79. The summed E-state index contributed by atoms with van der Waals surface area (Å²) in [6.07, 6.45) is 0.00152. The lowest BCUT2D eigenvalue weighted by molar-refractivity contribution is 0.106. The molecule has 1 atom stereocenters. The Morgan fingerprint density at radius 2 is 2.00 bits per heavy atom. The monoisotopic (exact) mass is 279 g/mol. The average molecular weight is 279 g/mol. The number of aliphatic imine (C=N–C) groups is 1. The van der Waals surface area contributed by atoms with Gasteiger partial charge in [0.15, 0.2) is 5.96 Å². The van der Waals surface area contributed by atoms with Crippen LogP contribution in [0.1, 0.15) is 18.6 Å². The van der Waals surface area contributed by atoms with Crippen LogP contribution in [0, 0.1) is 0 Å². The van der Waals surface area contributed by atoms with Crippen LogP contribution in [0.3, 0.4) is 0 Å². The zero-order valence-corrected chi connectivity index (χ0v) is 12.6. The number of ether oxygens (including phenoxy) is 2. The molecule has 0 fully saturated rings. The van der Waals surface area contributed by atoms with Crippen LogP contribution < -0.4 is 10.6 Å². The van der Waals surface area contributed by atoms with E-state index >= 15 is 0 Å². The minimum Gasteiger partial charge on any atom is -0.380 e. The predicted octanol–water partition coefficient (Wildman–Crippen LogP) is 1.58. The smallest absolute Gasteiger partial charge is 0.191 e. The summed E-state index contributed by atoms with van der Waals surface area (Å²) in [5.74, 6) is 0.752. The molecule has 20 heavy (non-hydrogen) atoms. The van der Waals surface area contributed by atoms with E-state index in [-0.39, 0.29) is 6.10 Å². The van der Waals surface area contributed by atoms with Gasteiger partial charge in [-0.25, -0.2) is 0 Å². The van der Waals surface area contributed by atoms with Crippen molar-refractivity contribution in [2.75, 3.05) is 40.5 Å². The van der Waals surface area contributed by atoms with E-state index in [2.05, 4.69) is 27.8 Å². The molecular formula is C15H25N3O2. The maximum Gasteiger partial charge on any atom is 0.191 e. The Morgan fingerprint density at radius 3 is 2.60 bits per heavy atom. The van der Waals surface area contributed by atoms with Crippen LogP contribution in [-0.4, -0.2) is 46.4 Å². The summed E-state index contributed by atoms with van der Waals surface area (Å²) in [6, 6.07) is 10.1. The minimum atomic E-state index is 0.00152. The van der Waals surface area contributed by atoms with E-state index in [4.69, 9.17) is 9.47 Å². The minimum absolute atomic E-state index is 0.00152. The highest BCUT2D eigenvalue weighted by atomic mass is 16.5. The molecule has 2 N–H and O–H groups in total. The van der Waals surface area contributed by atoms with Crippen LogP contribution in [-0.2, 0) is 9.47 Å². The van der Waals surface area contributed by atoms with Gasteiger partial charge in [-0.1, -0.05) is 30.3 Å². The van der Waals surface area contributed by atoms with Gasteiger partial charge in [-0.2, -0.15) is 0 Å². The Labute approximate surface area is 121 Å². The molecule has 0 spiro atoms. The average Bonchev–Trinajstić information content (AvgIpc) is 2.51. The zero-order valence-electron chi connectivity index (χ0n) is 12.6. The molecule has 112 valence electrons. The van der Waals surface area contributed by atoms with E-state index in [1.54, 1.807) is 14.2 Å². The van der Waals surface area contributed by atoms with E-state index in [1.165, 1.54) is 0 Å². The first kappa shape index (κ1) is 16.5. The summed E-state index contributed by atoms with van der Waals surface area (Å²) in [7, 11) is 3.46. The van der Waals surface area contributed by atoms with E-state index in [0.29, 0.717) is 13.2 Å². The number of methoxy groups -OCH3 is 1. The van der Waals surface area contributed by atoms with Gasteiger partial charge < -0.3 is 20.1 Å². The second-order valence-corrected chi connectivity index (χ2v) is 4.21. The van der Waals surface area contributed by atoms with Gasteiger partial charge >= 0.3 is 0 Å². The molecule has 0 aliphatic heterocycles. The molecule has 0 heterocycles. The summed E-state index contributed by atoms with van der Waals surface area (Å²) >= 11 is 0. The summed E-state index contributed by atoms with van der Waals surface area (Å²) in [4.78, 5) is 4.17. The third-order valence-electron chi connectivity index (χ3n) is 2.88. The van der Waals surface area contributed by atoms with Crippen molar-refractivity contribution in [1.29, 1.82) is 0 Å². The third-order valence-corrected chi connectivity index (χ3v) is 2.88. The fourth-order valence-corrected chi connectivity index (χ4v) is 1.80. The maximum atomic E-state index is 5.50. The lowest BCUT2D eigenvalue weighted by Crippen LogP contribution is -2.41. The molecule has 0 bridgehead atoms. The van der Waals surface area contributed by atoms with E-state index in [9.17, 15) is 0 Å². The van der Waals surface area contributed by atoms with Crippen LogP contribution in [0.4, 0.5) is 0 Å². The summed E-state index contributed by atoms with van der Waals surface area (Å²) in [6.45, 7) is 4.78. The number of nitrogens with zero attached hydrogens (tertiary/aromatic N) is 1. The highest BCUT2D eigenvalue weighted by Gasteiger charge is 2.10. The van der Waals surface area contributed by atoms with Crippen molar-refractivity contribution in [2.24, 2.45) is 4.99 Å². The fraction of sp³-hybridized carbons (Fsp3) is 0.533. The number of rotatable bonds is 8. The van der Waals surface area contributed by atoms with Crippen LogP contribution in [0.15, 0.2) is 35.3 Å². The third kappa shape index (κ3) is 6.04. The number of hydrogen-bond donors (Lipinski definition) is 2. The first-order valence-electron chi connectivity index (χ1n) is 6.91. The predicted molar refractivity (Wildman–Crippen MR) is 82.0 cm³/mol. The molecule has 0 saturated carbocycles. The normalized spacial score (nSPS) is 13.1. The molecule has 0 aliphatic rings. The largest absolute Gasteiger partial charge is 0.380 e. The SMILES string of the molecule is CCOCCNC(=NC)NCC(OC)c1ccccc1. The summed E-state index contributed by atoms with van der Waals surface area (Å²) < 4.78 is 10.8. The van der Waals surface area contributed by atoms with Crippen molar-refractivity contribution in [1.82, 2.24) is 10.6 Å². The first-order valence-corrected chi connectivity index (χ1v) is 6.91. The second-order valence-electron chi connectivity index (χ2n) is 4.21. The van der Waals surface area contributed by atoms with E-state index in [0.717, 1.165) is 24.7 Å². The molecule has 1 aromatic rings. The molecule has 1 unspecified atom stereocenters. The topological polar surface area (TPSA) is 54.9 Å². The van der Waals surface area contributed by atoms with Gasteiger partial charge in [0.1, 0.15) is 0 Å². The zero-order chi connectivity index (χ0) is 14.6. The molecule has 0 amide bonds. The van der Waals surface area contributed by atoms with Crippen LogP contribution in [0.2, 0.25) is 0 Å². The van der Waals surface area contributed by atoms with Crippen molar-refractivity contribution in [3.8, 4) is 0 Å². The van der Waals surface area contributed by atoms with Gasteiger partial charge in [-0.05, 0) is 12.5 Å². The molecule has 0 aromatic heterocycles. The summed E-state index contributed by atoms with van der Waals surface area (Å²) in [5, 5.41) is 6.45. The Morgan fingerprint density at radius 1 is 1.25 bits per heavy atom. The molecule has 1 rings (SSSR count).